The number of ether oxygens (including phenoxy) is 1. The molecule has 0 saturated heterocycles. The fourth-order valence-electron chi connectivity index (χ4n) is 9.61. The van der Waals surface area contributed by atoms with Gasteiger partial charge in [0, 0.05) is 48.2 Å². The number of amides is 1. The smallest absolute Gasteiger partial charge is 0.326 e. The van der Waals surface area contributed by atoms with Gasteiger partial charge in [-0.15, -0.1) is 0 Å². The van der Waals surface area contributed by atoms with E-state index in [-0.39, 0.29) is 42.2 Å². The molecule has 4 aliphatic carbocycles. The molecule has 0 spiro atoms. The number of aromatic amines is 1. The van der Waals surface area contributed by atoms with Crippen LogP contribution in [0, 0.1) is 34.5 Å². The van der Waals surface area contributed by atoms with Crippen molar-refractivity contribution in [3.63, 3.8) is 0 Å². The minimum absolute atomic E-state index is 0.0551. The van der Waals surface area contributed by atoms with Crippen molar-refractivity contribution in [2.45, 2.75) is 103 Å². The van der Waals surface area contributed by atoms with Gasteiger partial charge in [-0.1, -0.05) is 32.0 Å². The van der Waals surface area contributed by atoms with E-state index in [9.17, 15) is 24.3 Å². The Morgan fingerprint density at radius 2 is 1.81 bits per heavy atom. The predicted molar refractivity (Wildman–Crippen MR) is 157 cm³/mol. The lowest BCUT2D eigenvalue weighted by molar-refractivity contribution is -0.164. The minimum atomic E-state index is -1.11. The van der Waals surface area contributed by atoms with Crippen LogP contribution in [0.15, 0.2) is 30.5 Å². The molecule has 2 aromatic rings. The number of esters is 1. The average Bonchev–Trinajstić information content (AvgIpc) is 3.52. The molecule has 8 nitrogen and oxygen atoms in total. The van der Waals surface area contributed by atoms with Crippen molar-refractivity contribution in [3.8, 4) is 0 Å². The highest BCUT2D eigenvalue weighted by Gasteiger charge is 2.61. The first-order chi connectivity index (χ1) is 20.1. The molecule has 1 aromatic carbocycles. The Hall–Kier alpha value is -3.16. The molecule has 6 rings (SSSR count). The first-order valence-electron chi connectivity index (χ1n) is 15.9. The van der Waals surface area contributed by atoms with E-state index in [0.717, 1.165) is 67.8 Å². The maximum atomic E-state index is 12.9. The molecular weight excluding hydrogens is 532 g/mol. The molecule has 226 valence electrons. The molecule has 4 saturated carbocycles. The summed E-state index contributed by atoms with van der Waals surface area (Å²) in [5, 5.41) is 13.3. The third-order valence-electron chi connectivity index (χ3n) is 12.0. The van der Waals surface area contributed by atoms with E-state index >= 15 is 0 Å². The first-order valence-corrected chi connectivity index (χ1v) is 15.9. The van der Waals surface area contributed by atoms with E-state index in [4.69, 9.17) is 4.74 Å². The summed E-state index contributed by atoms with van der Waals surface area (Å²) in [7, 11) is 0. The summed E-state index contributed by atoms with van der Waals surface area (Å²) in [6, 6.07) is 6.55. The van der Waals surface area contributed by atoms with Crippen LogP contribution >= 0.6 is 0 Å². The molecule has 0 bridgehead atoms. The van der Waals surface area contributed by atoms with E-state index in [1.54, 1.807) is 6.20 Å². The minimum Gasteiger partial charge on any atom is -0.480 e. The zero-order valence-electron chi connectivity index (χ0n) is 24.8. The Morgan fingerprint density at radius 3 is 2.62 bits per heavy atom. The topological polar surface area (TPSA) is 126 Å². The van der Waals surface area contributed by atoms with Gasteiger partial charge in [-0.2, -0.15) is 0 Å². The third-order valence-corrected chi connectivity index (χ3v) is 12.0. The normalized spacial score (nSPS) is 34.6. The molecule has 1 heterocycles. The summed E-state index contributed by atoms with van der Waals surface area (Å²) in [6.45, 7) is 4.74. The fraction of sp³-hybridized carbons (Fsp3) is 0.647. The molecule has 1 amide bonds. The Balaban J connectivity index is 1.02. The number of fused-ring (bicyclic) bond motifs is 6. The van der Waals surface area contributed by atoms with E-state index in [2.05, 4.69) is 24.1 Å². The summed E-state index contributed by atoms with van der Waals surface area (Å²) in [4.78, 5) is 52.9. The number of aliphatic carboxylic acids is 1. The van der Waals surface area contributed by atoms with Crippen LogP contribution in [0.25, 0.3) is 10.9 Å². The highest BCUT2D eigenvalue weighted by molar-refractivity contribution is 5.88. The largest absolute Gasteiger partial charge is 0.480 e. The quantitative estimate of drug-likeness (QED) is 0.352. The van der Waals surface area contributed by atoms with Gasteiger partial charge < -0.3 is 20.1 Å². The number of rotatable bonds is 8. The van der Waals surface area contributed by atoms with Gasteiger partial charge in [0.15, 0.2) is 0 Å². The predicted octanol–water partition coefficient (Wildman–Crippen LogP) is 5.58. The van der Waals surface area contributed by atoms with Crippen molar-refractivity contribution in [1.29, 1.82) is 0 Å². The summed E-state index contributed by atoms with van der Waals surface area (Å²) >= 11 is 0. The van der Waals surface area contributed by atoms with Gasteiger partial charge in [0.2, 0.25) is 5.91 Å². The van der Waals surface area contributed by atoms with Crippen molar-refractivity contribution in [2.75, 3.05) is 0 Å². The number of carbonyl (C=O) groups is 4. The molecule has 42 heavy (non-hydrogen) atoms. The Kier molecular flexibility index (Phi) is 7.69. The number of carbonyl (C=O) groups excluding carboxylic acids is 3. The standard InChI is InChI=1S/C34H44N2O6/c1-33-15-13-22(37)18-21(33)7-8-24-25-9-10-29(34(25,2)16-14-26(24)33)42-31(39)12-11-30(38)36-28(32(40)41)17-20-19-35-27-6-4-3-5-23(20)27/h3-6,19,21,24-26,28-29,35H,7-18H2,1-2H3,(H,36,38)(H,40,41)/t21-,24-,25-,26-,28-,29+,33-,34-/m0/s1. The number of H-pyrrole nitrogens is 1. The van der Waals surface area contributed by atoms with Crippen molar-refractivity contribution in [3.05, 3.63) is 36.0 Å². The lowest BCUT2D eigenvalue weighted by Gasteiger charge is -2.60. The van der Waals surface area contributed by atoms with Gasteiger partial charge in [0.25, 0.3) is 0 Å². The van der Waals surface area contributed by atoms with Crippen LogP contribution in [-0.4, -0.2) is 45.9 Å². The van der Waals surface area contributed by atoms with Crippen molar-refractivity contribution >= 4 is 34.5 Å². The van der Waals surface area contributed by atoms with Crippen LogP contribution in [0.3, 0.4) is 0 Å². The van der Waals surface area contributed by atoms with Crippen LogP contribution < -0.4 is 5.32 Å². The molecule has 8 atom stereocenters. The van der Waals surface area contributed by atoms with Crippen molar-refractivity contribution in [2.24, 2.45) is 34.5 Å². The van der Waals surface area contributed by atoms with Gasteiger partial charge in [0.1, 0.15) is 17.9 Å². The number of aromatic nitrogens is 1. The molecular formula is C34H44N2O6. The molecule has 0 radical (unpaired) electrons. The van der Waals surface area contributed by atoms with Crippen LogP contribution in [0.5, 0.6) is 0 Å². The number of ketones is 1. The number of para-hydroxylation sites is 1. The number of hydrogen-bond donors (Lipinski definition) is 3. The van der Waals surface area contributed by atoms with Gasteiger partial charge in [-0.25, -0.2) is 4.79 Å². The van der Waals surface area contributed by atoms with Crippen LogP contribution in [0.4, 0.5) is 0 Å². The van der Waals surface area contributed by atoms with Crippen molar-refractivity contribution in [1.82, 2.24) is 10.3 Å². The Morgan fingerprint density at radius 1 is 1.02 bits per heavy atom. The van der Waals surface area contributed by atoms with E-state index < -0.39 is 17.9 Å². The summed E-state index contributed by atoms with van der Waals surface area (Å²) in [5.74, 6) is 0.785. The molecule has 1 aromatic heterocycles. The zero-order chi connectivity index (χ0) is 29.6. The second kappa shape index (κ2) is 11.2. The van der Waals surface area contributed by atoms with E-state index in [0.29, 0.717) is 29.5 Å². The number of carboxylic acid groups (broad SMARTS) is 1. The van der Waals surface area contributed by atoms with Gasteiger partial charge in [0.05, 0.1) is 6.42 Å². The van der Waals surface area contributed by atoms with E-state index in [1.807, 2.05) is 24.3 Å². The average molecular weight is 577 g/mol. The van der Waals surface area contributed by atoms with Crippen LogP contribution in [0.1, 0.15) is 90.0 Å². The van der Waals surface area contributed by atoms with Crippen molar-refractivity contribution < 1.29 is 29.0 Å². The highest BCUT2D eigenvalue weighted by Crippen LogP contribution is 2.66. The summed E-state index contributed by atoms with van der Waals surface area (Å²) in [6.07, 6.45) is 10.5. The third kappa shape index (κ3) is 5.15. The molecule has 3 N–H and O–H groups in total. The molecule has 0 unspecified atom stereocenters. The van der Waals surface area contributed by atoms with E-state index in [1.165, 1.54) is 6.42 Å². The second-order valence-corrected chi connectivity index (χ2v) is 14.0. The Bertz CT molecular complexity index is 1380. The number of nitrogens with one attached hydrogen (secondary N) is 2. The number of carboxylic acids is 1. The second-order valence-electron chi connectivity index (χ2n) is 14.0. The Labute approximate surface area is 247 Å². The molecule has 4 fully saturated rings. The summed E-state index contributed by atoms with van der Waals surface area (Å²) in [5.41, 5.74) is 1.92. The molecule has 8 heteroatoms. The molecule has 0 aliphatic heterocycles. The van der Waals surface area contributed by atoms with Gasteiger partial charge >= 0.3 is 11.9 Å². The monoisotopic (exact) mass is 576 g/mol. The van der Waals surface area contributed by atoms with Crippen LogP contribution in [-0.2, 0) is 30.3 Å². The highest BCUT2D eigenvalue weighted by atomic mass is 16.5. The maximum Gasteiger partial charge on any atom is 0.326 e. The summed E-state index contributed by atoms with van der Waals surface area (Å²) < 4.78 is 6.06. The molecule has 4 aliphatic rings. The fourth-order valence-corrected chi connectivity index (χ4v) is 9.61. The first kappa shape index (κ1) is 28.9. The lowest BCUT2D eigenvalue weighted by Crippen LogP contribution is -2.54. The maximum absolute atomic E-state index is 12.9. The van der Waals surface area contributed by atoms with Gasteiger partial charge in [-0.3, -0.25) is 14.4 Å². The van der Waals surface area contributed by atoms with Crippen LogP contribution in [0.2, 0.25) is 0 Å². The number of Topliss-reactive ketones (excluding diaryl/α,β-unsaturated/α-hetero) is 1. The van der Waals surface area contributed by atoms with Gasteiger partial charge in [-0.05, 0) is 85.7 Å². The number of hydrogen-bond acceptors (Lipinski definition) is 5. The SMILES string of the molecule is C[C@]12CCC(=O)C[C@@H]1CC[C@@H]1[C@@H]2CC[C@]2(C)[C@H](OC(=O)CCC(=O)N[C@@H](Cc3c[nH]c4ccccc34)C(=O)O)CC[C@@H]12. The lowest BCUT2D eigenvalue weighted by atomic mass is 9.45. The number of benzene rings is 1. The zero-order valence-corrected chi connectivity index (χ0v) is 24.8.